The number of hydrogen-bond donors (Lipinski definition) is 0. The van der Waals surface area contributed by atoms with E-state index in [0.29, 0.717) is 6.42 Å². The van der Waals surface area contributed by atoms with E-state index in [1.807, 2.05) is 10.7 Å². The molecular weight excluding hydrogens is 497 g/mol. The van der Waals surface area contributed by atoms with E-state index in [2.05, 4.69) is 22.6 Å². The lowest BCUT2D eigenvalue weighted by Gasteiger charge is -2.19. The molecule has 0 radical (unpaired) electrons. The van der Waals surface area contributed by atoms with Crippen LogP contribution in [0.3, 0.4) is 0 Å². The lowest BCUT2D eigenvalue weighted by Crippen LogP contribution is -2.12. The van der Waals surface area contributed by atoms with E-state index in [-0.39, 0.29) is 17.6 Å². The predicted octanol–water partition coefficient (Wildman–Crippen LogP) is 6.02. The van der Waals surface area contributed by atoms with Crippen LogP contribution >= 0.6 is 22.6 Å². The molecule has 0 amide bonds. The summed E-state index contributed by atoms with van der Waals surface area (Å²) in [4.78, 5) is 10.9. The second kappa shape index (κ2) is 9.20. The molecular formula is C24H21F2IN2O. The summed E-state index contributed by atoms with van der Waals surface area (Å²) in [6.45, 7) is 0. The van der Waals surface area contributed by atoms with Gasteiger partial charge in [-0.1, -0.05) is 18.6 Å². The van der Waals surface area contributed by atoms with Crippen molar-refractivity contribution >= 4 is 35.0 Å². The van der Waals surface area contributed by atoms with E-state index >= 15 is 0 Å². The van der Waals surface area contributed by atoms with Crippen LogP contribution in [0.2, 0.25) is 0 Å². The Kier molecular flexibility index (Phi) is 6.41. The Bertz CT molecular complexity index is 1110. The lowest BCUT2D eigenvalue weighted by atomic mass is 9.91. The molecule has 3 aromatic rings. The molecule has 2 aromatic carbocycles. The highest BCUT2D eigenvalue weighted by atomic mass is 127. The summed E-state index contributed by atoms with van der Waals surface area (Å²) in [7, 11) is 0. The summed E-state index contributed by atoms with van der Waals surface area (Å²) < 4.78 is 30.2. The molecule has 1 atom stereocenters. The van der Waals surface area contributed by atoms with Gasteiger partial charge in [0.15, 0.2) is 0 Å². The summed E-state index contributed by atoms with van der Waals surface area (Å²) in [5.41, 5.74) is 4.71. The molecule has 0 spiro atoms. The van der Waals surface area contributed by atoms with Gasteiger partial charge in [-0.2, -0.15) is 5.10 Å². The number of fused-ring (bicyclic) bond motifs is 1. The molecule has 154 valence electrons. The standard InChI is InChI=1S/C24H21F2IN2O/c25-18-7-3-5-16(14-18)13-17-6-1-2-8-20-22(9-4-12-30)28-29(24(17)20)23-11-10-19(26)15-21(23)27/h3-5,7,9-12,14-15,17H,1-2,6,8,13H2/b9-4+. The third kappa shape index (κ3) is 4.38. The molecule has 1 unspecified atom stereocenters. The quantitative estimate of drug-likeness (QED) is 0.179. The molecule has 30 heavy (non-hydrogen) atoms. The summed E-state index contributed by atoms with van der Waals surface area (Å²) in [5, 5.41) is 4.81. The van der Waals surface area contributed by atoms with Gasteiger partial charge in [-0.25, -0.2) is 13.5 Å². The number of aldehydes is 1. The van der Waals surface area contributed by atoms with Gasteiger partial charge in [-0.15, -0.1) is 0 Å². The van der Waals surface area contributed by atoms with Gasteiger partial charge in [0.1, 0.15) is 17.9 Å². The average Bonchev–Trinajstić information content (AvgIpc) is 2.93. The highest BCUT2D eigenvalue weighted by molar-refractivity contribution is 14.1. The van der Waals surface area contributed by atoms with E-state index in [1.54, 1.807) is 24.3 Å². The SMILES string of the molecule is O=C/C=C/c1nn(-c2ccc(F)cc2I)c2c1CCCCC2Cc1cccc(F)c1. The van der Waals surface area contributed by atoms with Crippen LogP contribution in [0.1, 0.15) is 47.7 Å². The molecule has 0 bridgehead atoms. The van der Waals surface area contributed by atoms with Crippen molar-refractivity contribution in [1.82, 2.24) is 9.78 Å². The molecule has 0 N–H and O–H groups in total. The van der Waals surface area contributed by atoms with E-state index in [1.165, 1.54) is 24.3 Å². The van der Waals surface area contributed by atoms with Crippen LogP contribution in [0.5, 0.6) is 0 Å². The summed E-state index contributed by atoms with van der Waals surface area (Å²) >= 11 is 2.12. The largest absolute Gasteiger partial charge is 0.299 e. The van der Waals surface area contributed by atoms with Gasteiger partial charge in [0.05, 0.1) is 17.1 Å². The van der Waals surface area contributed by atoms with Crippen LogP contribution in [0, 0.1) is 15.2 Å². The minimum Gasteiger partial charge on any atom is -0.299 e. The van der Waals surface area contributed by atoms with Crippen LogP contribution in [0.4, 0.5) is 8.78 Å². The maximum absolute atomic E-state index is 13.8. The summed E-state index contributed by atoms with van der Waals surface area (Å²) in [6, 6.07) is 11.4. The number of nitrogens with zero attached hydrogens (tertiary/aromatic N) is 2. The van der Waals surface area contributed by atoms with E-state index in [9.17, 15) is 13.6 Å². The first-order valence-corrected chi connectivity index (χ1v) is 11.1. The number of rotatable bonds is 5. The van der Waals surface area contributed by atoms with Gasteiger partial charge in [-0.05, 0) is 96.3 Å². The minimum atomic E-state index is -0.293. The highest BCUT2D eigenvalue weighted by Gasteiger charge is 2.28. The molecule has 0 saturated heterocycles. The number of carbonyl (C=O) groups excluding carboxylic acids is 1. The van der Waals surface area contributed by atoms with Gasteiger partial charge >= 0.3 is 0 Å². The number of allylic oxidation sites excluding steroid dienone is 1. The van der Waals surface area contributed by atoms with Crippen molar-refractivity contribution in [2.75, 3.05) is 0 Å². The second-order valence-electron chi connectivity index (χ2n) is 7.53. The Morgan fingerprint density at radius 3 is 2.73 bits per heavy atom. The number of aromatic nitrogens is 2. The molecule has 0 fully saturated rings. The lowest BCUT2D eigenvalue weighted by molar-refractivity contribution is -0.104. The molecule has 0 aliphatic heterocycles. The van der Waals surface area contributed by atoms with Crippen LogP contribution in [0.25, 0.3) is 11.8 Å². The average molecular weight is 518 g/mol. The second-order valence-corrected chi connectivity index (χ2v) is 8.69. The smallest absolute Gasteiger partial charge is 0.142 e. The van der Waals surface area contributed by atoms with E-state index in [4.69, 9.17) is 5.10 Å². The third-order valence-electron chi connectivity index (χ3n) is 5.51. The Hall–Kier alpha value is -2.35. The number of benzene rings is 2. The Morgan fingerprint density at radius 2 is 1.97 bits per heavy atom. The van der Waals surface area contributed by atoms with Crippen LogP contribution in [0.15, 0.2) is 48.5 Å². The third-order valence-corrected chi connectivity index (χ3v) is 6.38. The predicted molar refractivity (Wildman–Crippen MR) is 122 cm³/mol. The van der Waals surface area contributed by atoms with Gasteiger partial charge in [0.25, 0.3) is 0 Å². The van der Waals surface area contributed by atoms with Crippen LogP contribution < -0.4 is 0 Å². The maximum atomic E-state index is 13.8. The van der Waals surface area contributed by atoms with Gasteiger partial charge in [-0.3, -0.25) is 4.79 Å². The fourth-order valence-electron chi connectivity index (χ4n) is 4.23. The fourth-order valence-corrected chi connectivity index (χ4v) is 4.94. The molecule has 4 rings (SSSR count). The monoisotopic (exact) mass is 518 g/mol. The number of halogens is 3. The molecule has 1 aliphatic rings. The van der Waals surface area contributed by atoms with Crippen molar-refractivity contribution in [2.45, 2.75) is 38.0 Å². The van der Waals surface area contributed by atoms with E-state index in [0.717, 1.165) is 63.7 Å². The first-order chi connectivity index (χ1) is 14.6. The van der Waals surface area contributed by atoms with Crippen LogP contribution in [-0.4, -0.2) is 16.1 Å². The van der Waals surface area contributed by atoms with Crippen molar-refractivity contribution in [1.29, 1.82) is 0 Å². The summed E-state index contributed by atoms with van der Waals surface area (Å²) in [6.07, 6.45) is 8.55. The fraction of sp³-hybridized carbons (Fsp3) is 0.250. The zero-order chi connectivity index (χ0) is 21.1. The Morgan fingerprint density at radius 1 is 1.13 bits per heavy atom. The molecule has 1 aromatic heterocycles. The van der Waals surface area contributed by atoms with Crippen molar-refractivity contribution in [3.8, 4) is 5.69 Å². The zero-order valence-corrected chi connectivity index (χ0v) is 18.5. The number of carbonyl (C=O) groups is 1. The Balaban J connectivity index is 1.87. The van der Waals surface area contributed by atoms with Crippen molar-refractivity contribution < 1.29 is 13.6 Å². The maximum Gasteiger partial charge on any atom is 0.142 e. The molecule has 3 nitrogen and oxygen atoms in total. The highest BCUT2D eigenvalue weighted by Crippen LogP contribution is 2.37. The van der Waals surface area contributed by atoms with Gasteiger partial charge < -0.3 is 0 Å². The van der Waals surface area contributed by atoms with Crippen molar-refractivity contribution in [3.05, 3.63) is 86.3 Å². The Labute approximate surface area is 187 Å². The molecule has 6 heteroatoms. The van der Waals surface area contributed by atoms with Gasteiger partial charge in [0.2, 0.25) is 0 Å². The van der Waals surface area contributed by atoms with Crippen molar-refractivity contribution in [3.63, 3.8) is 0 Å². The molecule has 1 aliphatic carbocycles. The van der Waals surface area contributed by atoms with E-state index < -0.39 is 0 Å². The minimum absolute atomic E-state index is 0.149. The topological polar surface area (TPSA) is 34.9 Å². The van der Waals surface area contributed by atoms with Gasteiger partial charge in [0, 0.05) is 15.1 Å². The number of hydrogen-bond acceptors (Lipinski definition) is 2. The first-order valence-electron chi connectivity index (χ1n) is 10.0. The van der Waals surface area contributed by atoms with Crippen molar-refractivity contribution in [2.24, 2.45) is 0 Å². The normalized spacial score (nSPS) is 16.4. The first kappa shape index (κ1) is 20.9. The molecule has 1 heterocycles. The summed E-state index contributed by atoms with van der Waals surface area (Å²) in [5.74, 6) is -0.382. The zero-order valence-electron chi connectivity index (χ0n) is 16.3. The molecule has 0 saturated carbocycles. The van der Waals surface area contributed by atoms with Crippen LogP contribution in [-0.2, 0) is 17.6 Å².